The van der Waals surface area contributed by atoms with E-state index in [0.717, 1.165) is 0 Å². The van der Waals surface area contributed by atoms with E-state index in [0.29, 0.717) is 11.8 Å². The van der Waals surface area contributed by atoms with E-state index in [4.69, 9.17) is 17.7 Å². The summed E-state index contributed by atoms with van der Waals surface area (Å²) in [5, 5.41) is 0. The van der Waals surface area contributed by atoms with E-state index >= 15 is 0 Å². The van der Waals surface area contributed by atoms with Crippen LogP contribution in [0.2, 0.25) is 18.6 Å². The lowest BCUT2D eigenvalue weighted by Crippen LogP contribution is -2.53. The predicted molar refractivity (Wildman–Crippen MR) is 77.1 cm³/mol. The van der Waals surface area contributed by atoms with Gasteiger partial charge in [-0.15, -0.1) is 0 Å². The molecular weight excluding hydrogens is 264 g/mol. The Morgan fingerprint density at radius 3 is 1.89 bits per heavy atom. The standard InChI is InChI=1S/C12H28O4Si2/c1-13-17(4,5)16-11-18(14-2,15-3)12-9-7-6-8-10-12/h12H,6-11H2,1-5H3. The third-order valence-corrected chi connectivity index (χ3v) is 9.89. The van der Waals surface area contributed by atoms with Crippen molar-refractivity contribution in [1.82, 2.24) is 0 Å². The van der Waals surface area contributed by atoms with Gasteiger partial charge in [0.2, 0.25) is 0 Å². The van der Waals surface area contributed by atoms with Gasteiger partial charge in [0.05, 0.1) is 6.23 Å². The second-order valence-electron chi connectivity index (χ2n) is 5.45. The maximum absolute atomic E-state index is 6.01. The van der Waals surface area contributed by atoms with Crippen molar-refractivity contribution >= 4 is 17.1 Å². The lowest BCUT2D eigenvalue weighted by atomic mass is 10.0. The summed E-state index contributed by atoms with van der Waals surface area (Å²) in [6.07, 6.45) is 6.94. The molecule has 4 nitrogen and oxygen atoms in total. The molecule has 1 aliphatic rings. The summed E-state index contributed by atoms with van der Waals surface area (Å²) in [6.45, 7) is 4.11. The Labute approximate surface area is 113 Å². The zero-order valence-corrected chi connectivity index (χ0v) is 14.5. The highest BCUT2D eigenvalue weighted by atomic mass is 28.4. The minimum absolute atomic E-state index is 0.558. The molecule has 108 valence electrons. The molecule has 0 aromatic heterocycles. The van der Waals surface area contributed by atoms with Crippen molar-refractivity contribution in [3.63, 3.8) is 0 Å². The molecule has 0 N–H and O–H groups in total. The number of rotatable bonds is 7. The minimum Gasteiger partial charge on any atom is -0.398 e. The van der Waals surface area contributed by atoms with Gasteiger partial charge in [0.25, 0.3) is 0 Å². The van der Waals surface area contributed by atoms with Gasteiger partial charge in [0, 0.05) is 26.9 Å². The highest BCUT2D eigenvalue weighted by molar-refractivity contribution is 6.71. The first-order valence-electron chi connectivity index (χ1n) is 6.79. The van der Waals surface area contributed by atoms with Crippen molar-refractivity contribution < 1.29 is 17.7 Å². The molecule has 0 radical (unpaired) electrons. The molecule has 18 heavy (non-hydrogen) atoms. The molecule has 1 saturated carbocycles. The van der Waals surface area contributed by atoms with Gasteiger partial charge in [0.15, 0.2) is 0 Å². The van der Waals surface area contributed by atoms with Crippen LogP contribution in [0.25, 0.3) is 0 Å². The van der Waals surface area contributed by atoms with Crippen LogP contribution in [0.5, 0.6) is 0 Å². The Hall–Kier alpha value is 0.274. The Kier molecular flexibility index (Phi) is 6.50. The van der Waals surface area contributed by atoms with E-state index in [1.165, 1.54) is 32.1 Å². The maximum atomic E-state index is 6.01. The summed E-state index contributed by atoms with van der Waals surface area (Å²) in [7, 11) is 1.02. The van der Waals surface area contributed by atoms with Crippen molar-refractivity contribution in [1.29, 1.82) is 0 Å². The van der Waals surface area contributed by atoms with Crippen LogP contribution in [0.4, 0.5) is 0 Å². The Bertz CT molecular complexity index is 238. The Morgan fingerprint density at radius 2 is 1.44 bits per heavy atom. The molecule has 0 aromatic rings. The van der Waals surface area contributed by atoms with Crippen LogP contribution >= 0.6 is 0 Å². The first-order chi connectivity index (χ1) is 8.49. The Morgan fingerprint density at radius 1 is 0.889 bits per heavy atom. The average molecular weight is 293 g/mol. The number of hydrogen-bond donors (Lipinski definition) is 0. The molecular formula is C12H28O4Si2. The van der Waals surface area contributed by atoms with Crippen LogP contribution in [0.1, 0.15) is 32.1 Å². The third-order valence-electron chi connectivity index (χ3n) is 4.03. The van der Waals surface area contributed by atoms with E-state index in [1.54, 1.807) is 21.3 Å². The van der Waals surface area contributed by atoms with Crippen molar-refractivity contribution in [2.75, 3.05) is 27.6 Å². The topological polar surface area (TPSA) is 36.9 Å². The lowest BCUT2D eigenvalue weighted by Gasteiger charge is -2.38. The van der Waals surface area contributed by atoms with Gasteiger partial charge in [-0.25, -0.2) is 0 Å². The molecule has 0 saturated heterocycles. The van der Waals surface area contributed by atoms with Gasteiger partial charge >= 0.3 is 17.1 Å². The fraction of sp³-hybridized carbons (Fsp3) is 1.00. The number of hydrogen-bond acceptors (Lipinski definition) is 4. The van der Waals surface area contributed by atoms with Gasteiger partial charge in [-0.05, 0) is 25.9 Å². The summed E-state index contributed by atoms with van der Waals surface area (Å²) in [6, 6.07) is 0. The highest BCUT2D eigenvalue weighted by Gasteiger charge is 2.46. The van der Waals surface area contributed by atoms with Crippen LogP contribution < -0.4 is 0 Å². The van der Waals surface area contributed by atoms with Crippen LogP contribution in [-0.2, 0) is 17.7 Å². The van der Waals surface area contributed by atoms with Gasteiger partial charge in [0.1, 0.15) is 0 Å². The summed E-state index contributed by atoms with van der Waals surface area (Å²) in [4.78, 5) is 0. The highest BCUT2D eigenvalue weighted by Crippen LogP contribution is 2.38. The molecule has 6 heteroatoms. The second-order valence-corrected chi connectivity index (χ2v) is 12.5. The Balaban J connectivity index is 2.66. The monoisotopic (exact) mass is 292 g/mol. The van der Waals surface area contributed by atoms with E-state index in [-0.39, 0.29) is 0 Å². The van der Waals surface area contributed by atoms with Crippen molar-refractivity contribution in [2.24, 2.45) is 0 Å². The van der Waals surface area contributed by atoms with Gasteiger partial charge < -0.3 is 17.7 Å². The fourth-order valence-electron chi connectivity index (χ4n) is 2.53. The van der Waals surface area contributed by atoms with Crippen molar-refractivity contribution in [3.05, 3.63) is 0 Å². The lowest BCUT2D eigenvalue weighted by molar-refractivity contribution is 0.161. The van der Waals surface area contributed by atoms with Crippen LogP contribution in [0, 0.1) is 0 Å². The van der Waals surface area contributed by atoms with Gasteiger partial charge in [-0.3, -0.25) is 0 Å². The molecule has 0 spiro atoms. The second kappa shape index (κ2) is 7.16. The first-order valence-corrected chi connectivity index (χ1v) is 11.7. The van der Waals surface area contributed by atoms with E-state index in [1.807, 2.05) is 0 Å². The fourth-order valence-corrected chi connectivity index (χ4v) is 7.43. The van der Waals surface area contributed by atoms with Crippen LogP contribution in [0.15, 0.2) is 0 Å². The molecule has 0 amide bonds. The van der Waals surface area contributed by atoms with Crippen LogP contribution in [-0.4, -0.2) is 44.7 Å². The van der Waals surface area contributed by atoms with Crippen LogP contribution in [0.3, 0.4) is 0 Å². The quantitative estimate of drug-likeness (QED) is 0.676. The summed E-state index contributed by atoms with van der Waals surface area (Å²) >= 11 is 0. The molecule has 0 aromatic carbocycles. The molecule has 0 aliphatic heterocycles. The summed E-state index contributed by atoms with van der Waals surface area (Å²) in [5.41, 5.74) is 0.558. The molecule has 0 atom stereocenters. The van der Waals surface area contributed by atoms with E-state index < -0.39 is 17.1 Å². The zero-order valence-electron chi connectivity index (χ0n) is 12.5. The maximum Gasteiger partial charge on any atom is 0.366 e. The molecule has 0 bridgehead atoms. The summed E-state index contributed by atoms with van der Waals surface area (Å²) in [5.74, 6) is 0. The smallest absolute Gasteiger partial charge is 0.366 e. The van der Waals surface area contributed by atoms with Crippen molar-refractivity contribution in [2.45, 2.75) is 50.7 Å². The first kappa shape index (κ1) is 16.3. The molecule has 1 rings (SSSR count). The molecule has 0 heterocycles. The van der Waals surface area contributed by atoms with Gasteiger partial charge in [-0.1, -0.05) is 19.3 Å². The summed E-state index contributed by atoms with van der Waals surface area (Å²) < 4.78 is 23.1. The minimum atomic E-state index is -2.24. The van der Waals surface area contributed by atoms with Crippen molar-refractivity contribution in [3.8, 4) is 0 Å². The SMILES string of the molecule is CO[Si](C)(C)OC[Si](OC)(OC)C1CCCCC1. The predicted octanol–water partition coefficient (Wildman–Crippen LogP) is 2.96. The van der Waals surface area contributed by atoms with E-state index in [9.17, 15) is 0 Å². The molecule has 1 aliphatic carbocycles. The third kappa shape index (κ3) is 4.14. The van der Waals surface area contributed by atoms with Gasteiger partial charge in [-0.2, -0.15) is 0 Å². The average Bonchev–Trinajstić information content (AvgIpc) is 2.42. The zero-order chi connectivity index (χ0) is 13.6. The molecule has 0 unspecified atom stereocenters. The normalized spacial score (nSPS) is 19.2. The van der Waals surface area contributed by atoms with E-state index in [2.05, 4.69) is 13.1 Å². The molecule has 1 fully saturated rings. The largest absolute Gasteiger partial charge is 0.398 e.